The highest BCUT2D eigenvalue weighted by Gasteiger charge is 2.05. The van der Waals surface area contributed by atoms with Gasteiger partial charge in [-0.3, -0.25) is 4.79 Å². The molecule has 0 aliphatic heterocycles. The molecule has 0 spiro atoms. The van der Waals surface area contributed by atoms with Crippen LogP contribution in [0.3, 0.4) is 0 Å². The van der Waals surface area contributed by atoms with E-state index in [1.54, 1.807) is 17.5 Å². The highest BCUT2D eigenvalue weighted by atomic mass is 32.1. The molecular formula is C11H17NOS. The average Bonchev–Trinajstić information content (AvgIpc) is 2.59. The molecule has 0 radical (unpaired) electrons. The lowest BCUT2D eigenvalue weighted by atomic mass is 10.2. The highest BCUT2D eigenvalue weighted by Crippen LogP contribution is 2.24. The number of nitrogens with one attached hydrogen (secondary N) is 1. The SMILES string of the molecule is CC.Cc1c[nH]c(=O)c2c(C)csc12.[HH]. The summed E-state index contributed by atoms with van der Waals surface area (Å²) >= 11 is 1.63. The molecule has 3 heteroatoms. The van der Waals surface area contributed by atoms with E-state index in [1.165, 1.54) is 0 Å². The lowest BCUT2D eigenvalue weighted by Crippen LogP contribution is -2.05. The first-order valence-electron chi connectivity index (χ1n) is 4.76. The number of pyridine rings is 1. The molecular weight excluding hydrogens is 194 g/mol. The number of hydrogen-bond acceptors (Lipinski definition) is 2. The van der Waals surface area contributed by atoms with Crippen LogP contribution in [0.4, 0.5) is 0 Å². The van der Waals surface area contributed by atoms with Crippen molar-refractivity contribution in [2.24, 2.45) is 0 Å². The minimum Gasteiger partial charge on any atom is -0.328 e. The van der Waals surface area contributed by atoms with Gasteiger partial charge in [0, 0.05) is 12.3 Å². The van der Waals surface area contributed by atoms with Crippen LogP contribution in [0.5, 0.6) is 0 Å². The fourth-order valence-corrected chi connectivity index (χ4v) is 2.36. The predicted octanol–water partition coefficient (Wildman–Crippen LogP) is 3.48. The fourth-order valence-electron chi connectivity index (χ4n) is 1.33. The lowest BCUT2D eigenvalue weighted by Gasteiger charge is -1.93. The smallest absolute Gasteiger partial charge is 0.256 e. The summed E-state index contributed by atoms with van der Waals surface area (Å²) in [6.07, 6.45) is 1.76. The zero-order chi connectivity index (χ0) is 10.7. The van der Waals surface area contributed by atoms with E-state index in [0.29, 0.717) is 0 Å². The largest absolute Gasteiger partial charge is 0.328 e. The van der Waals surface area contributed by atoms with Gasteiger partial charge in [0.1, 0.15) is 0 Å². The zero-order valence-electron chi connectivity index (χ0n) is 8.97. The molecule has 0 atom stereocenters. The number of H-pyrrole nitrogens is 1. The van der Waals surface area contributed by atoms with Crippen LogP contribution >= 0.6 is 11.3 Å². The van der Waals surface area contributed by atoms with Crippen molar-refractivity contribution in [1.29, 1.82) is 0 Å². The number of aromatic nitrogens is 1. The van der Waals surface area contributed by atoms with Gasteiger partial charge in [0.15, 0.2) is 0 Å². The number of rotatable bonds is 0. The molecule has 0 saturated heterocycles. The van der Waals surface area contributed by atoms with Crippen LogP contribution in [0.15, 0.2) is 16.4 Å². The van der Waals surface area contributed by atoms with Gasteiger partial charge < -0.3 is 4.98 Å². The Morgan fingerprint density at radius 3 is 2.50 bits per heavy atom. The van der Waals surface area contributed by atoms with Crippen molar-refractivity contribution in [2.45, 2.75) is 27.7 Å². The summed E-state index contributed by atoms with van der Waals surface area (Å²) in [7, 11) is 0. The van der Waals surface area contributed by atoms with Gasteiger partial charge in [0.05, 0.1) is 5.39 Å². The summed E-state index contributed by atoms with van der Waals surface area (Å²) in [6.45, 7) is 7.97. The standard InChI is InChI=1S/C9H9NOS.C2H6.H2/c1-5-3-10-9(11)7-6(2)4-12-8(5)7;1-2;/h3-4H,1-2H3,(H,10,11);1-2H3;1H. The van der Waals surface area contributed by atoms with Crippen LogP contribution in [0.25, 0.3) is 10.1 Å². The van der Waals surface area contributed by atoms with Gasteiger partial charge in [-0.1, -0.05) is 13.8 Å². The monoisotopic (exact) mass is 211 g/mol. The molecule has 2 heterocycles. The van der Waals surface area contributed by atoms with E-state index in [4.69, 9.17) is 0 Å². The molecule has 2 aromatic heterocycles. The van der Waals surface area contributed by atoms with Gasteiger partial charge in [0.2, 0.25) is 0 Å². The Balaban J connectivity index is 0.000000617. The topological polar surface area (TPSA) is 32.9 Å². The predicted molar refractivity (Wildman–Crippen MR) is 65.4 cm³/mol. The maximum Gasteiger partial charge on any atom is 0.256 e. The minimum atomic E-state index is 0. The number of thiophene rings is 1. The summed E-state index contributed by atoms with van der Waals surface area (Å²) in [4.78, 5) is 14.1. The molecule has 0 amide bonds. The van der Waals surface area contributed by atoms with E-state index in [2.05, 4.69) is 4.98 Å². The third-order valence-corrected chi connectivity index (χ3v) is 3.21. The Morgan fingerprint density at radius 1 is 1.29 bits per heavy atom. The summed E-state index contributed by atoms with van der Waals surface area (Å²) < 4.78 is 1.11. The molecule has 0 aliphatic carbocycles. The normalized spacial score (nSPS) is 9.71. The van der Waals surface area contributed by atoms with Crippen LogP contribution in [0.1, 0.15) is 26.4 Å². The van der Waals surface area contributed by atoms with E-state index in [1.807, 2.05) is 33.1 Å². The summed E-state index contributed by atoms with van der Waals surface area (Å²) in [5.74, 6) is 0. The molecule has 0 unspecified atom stereocenters. The molecule has 2 aromatic rings. The lowest BCUT2D eigenvalue weighted by molar-refractivity contribution is 1.24. The van der Waals surface area contributed by atoms with Gasteiger partial charge >= 0.3 is 0 Å². The second-order valence-corrected chi connectivity index (χ2v) is 3.80. The molecule has 0 bridgehead atoms. The van der Waals surface area contributed by atoms with Gasteiger partial charge in [-0.2, -0.15) is 0 Å². The Morgan fingerprint density at radius 2 is 1.93 bits per heavy atom. The van der Waals surface area contributed by atoms with E-state index in [-0.39, 0.29) is 6.99 Å². The molecule has 2 rings (SSSR count). The van der Waals surface area contributed by atoms with E-state index >= 15 is 0 Å². The number of aryl methyl sites for hydroxylation is 2. The zero-order valence-corrected chi connectivity index (χ0v) is 9.79. The third kappa shape index (κ3) is 1.73. The Hall–Kier alpha value is -1.09. The summed E-state index contributed by atoms with van der Waals surface area (Å²) in [6, 6.07) is 0. The van der Waals surface area contributed by atoms with Crippen molar-refractivity contribution in [3.8, 4) is 0 Å². The van der Waals surface area contributed by atoms with E-state index < -0.39 is 0 Å². The molecule has 14 heavy (non-hydrogen) atoms. The molecule has 2 nitrogen and oxygen atoms in total. The maximum atomic E-state index is 11.4. The van der Waals surface area contributed by atoms with Crippen molar-refractivity contribution in [2.75, 3.05) is 0 Å². The highest BCUT2D eigenvalue weighted by molar-refractivity contribution is 7.17. The summed E-state index contributed by atoms with van der Waals surface area (Å²) in [5, 5.41) is 2.87. The first-order valence-corrected chi connectivity index (χ1v) is 5.64. The van der Waals surface area contributed by atoms with Crippen molar-refractivity contribution < 1.29 is 1.43 Å². The maximum absolute atomic E-state index is 11.4. The van der Waals surface area contributed by atoms with Gasteiger partial charge in [-0.05, 0) is 30.4 Å². The van der Waals surface area contributed by atoms with E-state index in [0.717, 1.165) is 21.2 Å². The average molecular weight is 211 g/mol. The minimum absolute atomic E-state index is 0. The first-order chi connectivity index (χ1) is 6.70. The van der Waals surface area contributed by atoms with Crippen LogP contribution in [0, 0.1) is 13.8 Å². The Bertz CT molecular complexity index is 487. The number of fused-ring (bicyclic) bond motifs is 1. The molecule has 0 aliphatic rings. The van der Waals surface area contributed by atoms with Gasteiger partial charge in [-0.15, -0.1) is 11.3 Å². The third-order valence-electron chi connectivity index (χ3n) is 1.98. The van der Waals surface area contributed by atoms with Crippen LogP contribution < -0.4 is 5.56 Å². The molecule has 78 valence electrons. The molecule has 0 fully saturated rings. The number of hydrogen-bond donors (Lipinski definition) is 1. The van der Waals surface area contributed by atoms with Crippen molar-refractivity contribution >= 4 is 21.4 Å². The first kappa shape index (κ1) is 11.0. The second kappa shape index (κ2) is 4.42. The Kier molecular flexibility index (Phi) is 3.47. The van der Waals surface area contributed by atoms with Gasteiger partial charge in [0.25, 0.3) is 5.56 Å². The Labute approximate surface area is 89.1 Å². The van der Waals surface area contributed by atoms with Crippen LogP contribution in [-0.4, -0.2) is 4.98 Å². The quantitative estimate of drug-likeness (QED) is 0.711. The van der Waals surface area contributed by atoms with Crippen molar-refractivity contribution in [3.63, 3.8) is 0 Å². The summed E-state index contributed by atoms with van der Waals surface area (Å²) in [5.41, 5.74) is 2.23. The molecule has 0 aromatic carbocycles. The van der Waals surface area contributed by atoms with Crippen molar-refractivity contribution in [1.82, 2.24) is 4.98 Å². The van der Waals surface area contributed by atoms with Gasteiger partial charge in [-0.25, -0.2) is 0 Å². The van der Waals surface area contributed by atoms with Crippen LogP contribution in [0.2, 0.25) is 0 Å². The van der Waals surface area contributed by atoms with Crippen molar-refractivity contribution in [3.05, 3.63) is 33.1 Å². The molecule has 1 N–H and O–H groups in total. The fraction of sp³-hybridized carbons (Fsp3) is 0.364. The van der Waals surface area contributed by atoms with Crippen LogP contribution in [-0.2, 0) is 0 Å². The number of aromatic amines is 1. The second-order valence-electron chi connectivity index (χ2n) is 2.92. The van der Waals surface area contributed by atoms with E-state index in [9.17, 15) is 4.79 Å². The molecule has 0 saturated carbocycles.